The van der Waals surface area contributed by atoms with Gasteiger partial charge in [0.25, 0.3) is 5.91 Å². The molecule has 1 aliphatic carbocycles. The number of halogens is 1. The molecule has 1 aromatic carbocycles. The number of nitrogens with zero attached hydrogens (tertiary/aromatic N) is 2. The highest BCUT2D eigenvalue weighted by Crippen LogP contribution is 2.32. The van der Waals surface area contributed by atoms with Crippen LogP contribution in [0, 0.1) is 5.82 Å². The predicted molar refractivity (Wildman–Crippen MR) is 117 cm³/mol. The molecule has 3 fully saturated rings. The molecule has 10 heteroatoms. The highest BCUT2D eigenvalue weighted by Gasteiger charge is 2.48. The van der Waals surface area contributed by atoms with Gasteiger partial charge in [-0.25, -0.2) is 9.18 Å². The number of carbonyl (C=O) groups excluding carboxylic acids is 3. The van der Waals surface area contributed by atoms with Crippen LogP contribution in [0.3, 0.4) is 0 Å². The Morgan fingerprint density at radius 2 is 1.94 bits per heavy atom. The van der Waals surface area contributed by atoms with Gasteiger partial charge in [0.2, 0.25) is 5.91 Å². The number of urea groups is 1. The molecule has 4 rings (SSSR count). The molecule has 3 aliphatic rings. The summed E-state index contributed by atoms with van der Waals surface area (Å²) in [5.41, 5.74) is -1.03. The summed E-state index contributed by atoms with van der Waals surface area (Å²) in [7, 11) is 1.68. The van der Waals surface area contributed by atoms with Gasteiger partial charge in [-0.1, -0.05) is 12.1 Å². The van der Waals surface area contributed by atoms with Crippen LogP contribution in [0.1, 0.15) is 37.7 Å². The first-order valence-corrected chi connectivity index (χ1v) is 11.5. The van der Waals surface area contributed by atoms with Crippen LogP contribution in [0.25, 0.3) is 0 Å². The van der Waals surface area contributed by atoms with Gasteiger partial charge in [-0.05, 0) is 43.4 Å². The van der Waals surface area contributed by atoms with Crippen molar-refractivity contribution >= 4 is 17.8 Å². The Labute approximate surface area is 192 Å². The van der Waals surface area contributed by atoms with E-state index in [2.05, 4.69) is 15.5 Å². The fraction of sp³-hybridized carbons (Fsp3) is 0.609. The smallest absolute Gasteiger partial charge is 0.322 e. The van der Waals surface area contributed by atoms with Crippen LogP contribution in [0.2, 0.25) is 0 Å². The zero-order valence-electron chi connectivity index (χ0n) is 18.8. The molecule has 4 atom stereocenters. The lowest BCUT2D eigenvalue weighted by molar-refractivity contribution is -0.139. The van der Waals surface area contributed by atoms with Gasteiger partial charge in [0.1, 0.15) is 11.4 Å². The Hall–Kier alpha value is -2.56. The van der Waals surface area contributed by atoms with Crippen molar-refractivity contribution in [3.05, 3.63) is 35.6 Å². The van der Waals surface area contributed by atoms with Crippen molar-refractivity contribution in [1.82, 2.24) is 20.4 Å². The summed E-state index contributed by atoms with van der Waals surface area (Å²) in [5, 5.41) is 15.9. The number of aliphatic hydroxyl groups excluding tert-OH is 1. The third kappa shape index (κ3) is 4.73. The summed E-state index contributed by atoms with van der Waals surface area (Å²) in [6, 6.07) is 4.31. The fourth-order valence-corrected chi connectivity index (χ4v) is 5.27. The van der Waals surface area contributed by atoms with Gasteiger partial charge >= 0.3 is 6.03 Å². The van der Waals surface area contributed by atoms with Crippen molar-refractivity contribution in [2.24, 2.45) is 0 Å². The van der Waals surface area contributed by atoms with E-state index in [1.54, 1.807) is 11.9 Å². The van der Waals surface area contributed by atoms with Crippen molar-refractivity contribution in [2.45, 2.75) is 55.8 Å². The molecule has 0 radical (unpaired) electrons. The van der Waals surface area contributed by atoms with Gasteiger partial charge in [-0.15, -0.1) is 0 Å². The van der Waals surface area contributed by atoms with E-state index < -0.39 is 29.4 Å². The van der Waals surface area contributed by atoms with Crippen LogP contribution in [0.5, 0.6) is 0 Å². The van der Waals surface area contributed by atoms with E-state index in [0.29, 0.717) is 25.2 Å². The van der Waals surface area contributed by atoms with E-state index in [4.69, 9.17) is 4.74 Å². The van der Waals surface area contributed by atoms with Crippen LogP contribution in [0.4, 0.5) is 9.18 Å². The number of morpholine rings is 1. The van der Waals surface area contributed by atoms with Gasteiger partial charge in [0.05, 0.1) is 25.4 Å². The van der Waals surface area contributed by atoms with E-state index in [0.717, 1.165) is 25.9 Å². The van der Waals surface area contributed by atoms with E-state index in [1.807, 2.05) is 0 Å². The molecular weight excluding hydrogens is 431 g/mol. The number of imide groups is 1. The van der Waals surface area contributed by atoms with Crippen molar-refractivity contribution in [3.63, 3.8) is 0 Å². The van der Waals surface area contributed by atoms with E-state index in [9.17, 15) is 23.9 Å². The molecule has 4 amide bonds. The van der Waals surface area contributed by atoms with Crippen molar-refractivity contribution in [3.8, 4) is 0 Å². The number of amides is 4. The summed E-state index contributed by atoms with van der Waals surface area (Å²) in [6.45, 7) is 2.81. The molecule has 2 aliphatic heterocycles. The third-order valence-electron chi connectivity index (χ3n) is 7.19. The molecule has 0 bridgehead atoms. The zero-order chi connectivity index (χ0) is 23.6. The maximum atomic E-state index is 13.4. The maximum Gasteiger partial charge on any atom is 0.322 e. The molecule has 1 saturated carbocycles. The van der Waals surface area contributed by atoms with Gasteiger partial charge in [0.15, 0.2) is 0 Å². The quantitative estimate of drug-likeness (QED) is 0.537. The topological polar surface area (TPSA) is 111 Å². The first-order valence-electron chi connectivity index (χ1n) is 11.5. The molecular formula is C23H31FN4O5. The second-order valence-corrected chi connectivity index (χ2v) is 9.03. The highest BCUT2D eigenvalue weighted by molar-refractivity contribution is 6.07. The van der Waals surface area contributed by atoms with Crippen LogP contribution < -0.4 is 10.6 Å². The molecule has 2 heterocycles. The number of ether oxygens (including phenoxy) is 1. The molecule has 0 unspecified atom stereocenters. The number of hydrogen-bond acceptors (Lipinski definition) is 6. The molecule has 1 aromatic rings. The minimum absolute atomic E-state index is 0.0200. The Morgan fingerprint density at radius 1 is 1.24 bits per heavy atom. The summed E-state index contributed by atoms with van der Waals surface area (Å²) in [6.07, 6.45) is 1.80. The minimum atomic E-state index is -1.44. The number of hydrogen-bond donors (Lipinski definition) is 3. The van der Waals surface area contributed by atoms with Crippen molar-refractivity contribution in [1.29, 1.82) is 0 Å². The molecule has 9 nitrogen and oxygen atoms in total. The minimum Gasteiger partial charge on any atom is -0.389 e. The Bertz CT molecular complexity index is 891. The lowest BCUT2D eigenvalue weighted by Crippen LogP contribution is -2.58. The molecule has 180 valence electrons. The Morgan fingerprint density at radius 3 is 2.58 bits per heavy atom. The van der Waals surface area contributed by atoms with Gasteiger partial charge in [-0.2, -0.15) is 0 Å². The summed E-state index contributed by atoms with van der Waals surface area (Å²) in [4.78, 5) is 41.5. The average molecular weight is 463 g/mol. The fourth-order valence-electron chi connectivity index (χ4n) is 5.27. The standard InChI is InChI=1S/C23H31FN4O5/c1-27(17-3-2-4-18(20(17)30)28-11-13-33-14-12-28)19(29)9-10-23(21(31)25-22(32)26-23)15-5-7-16(24)8-6-15/h5-8,17-18,20,30H,2-4,9-14H2,1H3,(H2,25,26,31,32)/t17-,18-,20-,23+/m1/s1. The van der Waals surface area contributed by atoms with Crippen LogP contribution >= 0.6 is 0 Å². The number of nitrogens with one attached hydrogen (secondary N) is 2. The van der Waals surface area contributed by atoms with Crippen LogP contribution in [0.15, 0.2) is 24.3 Å². The normalized spacial score (nSPS) is 30.6. The summed E-state index contributed by atoms with van der Waals surface area (Å²) in [5.74, 6) is -1.26. The van der Waals surface area contributed by atoms with Crippen molar-refractivity contribution in [2.75, 3.05) is 33.4 Å². The van der Waals surface area contributed by atoms with E-state index in [1.165, 1.54) is 24.3 Å². The molecule has 33 heavy (non-hydrogen) atoms. The number of carbonyl (C=O) groups is 3. The van der Waals surface area contributed by atoms with E-state index >= 15 is 0 Å². The summed E-state index contributed by atoms with van der Waals surface area (Å²) >= 11 is 0. The predicted octanol–water partition coefficient (Wildman–Crippen LogP) is 0.713. The lowest BCUT2D eigenvalue weighted by atomic mass is 9.84. The lowest BCUT2D eigenvalue weighted by Gasteiger charge is -2.45. The van der Waals surface area contributed by atoms with Crippen molar-refractivity contribution < 1.29 is 28.6 Å². The van der Waals surface area contributed by atoms with Gasteiger partial charge in [0, 0.05) is 32.6 Å². The second-order valence-electron chi connectivity index (χ2n) is 9.03. The second kappa shape index (κ2) is 9.74. The molecule has 2 saturated heterocycles. The largest absolute Gasteiger partial charge is 0.389 e. The Kier molecular flexibility index (Phi) is 6.96. The third-order valence-corrected chi connectivity index (χ3v) is 7.19. The molecule has 0 aromatic heterocycles. The maximum absolute atomic E-state index is 13.4. The number of aliphatic hydroxyl groups is 1. The SMILES string of the molecule is CN(C(=O)CC[C@@]1(c2ccc(F)cc2)NC(=O)NC1=O)[C@@H]1CCC[C@@H](N2CCOCC2)[C@@H]1O. The monoisotopic (exact) mass is 462 g/mol. The first kappa shape index (κ1) is 23.6. The highest BCUT2D eigenvalue weighted by atomic mass is 19.1. The Balaban J connectivity index is 1.44. The number of rotatable bonds is 6. The number of benzene rings is 1. The van der Waals surface area contributed by atoms with Crippen LogP contribution in [-0.4, -0.2) is 84.3 Å². The molecule has 3 N–H and O–H groups in total. The van der Waals surface area contributed by atoms with Gasteiger partial charge < -0.3 is 20.1 Å². The first-order chi connectivity index (χ1) is 15.8. The summed E-state index contributed by atoms with van der Waals surface area (Å²) < 4.78 is 18.8. The van der Waals surface area contributed by atoms with Gasteiger partial charge in [-0.3, -0.25) is 19.8 Å². The zero-order valence-corrected chi connectivity index (χ0v) is 18.8. The van der Waals surface area contributed by atoms with Crippen LogP contribution in [-0.2, 0) is 19.9 Å². The molecule has 0 spiro atoms. The average Bonchev–Trinajstić information content (AvgIpc) is 3.12. The number of likely N-dealkylation sites (N-methyl/N-ethyl adjacent to an activating group) is 1. The van der Waals surface area contributed by atoms with E-state index in [-0.39, 0.29) is 30.8 Å².